The molecule has 1 aliphatic carbocycles. The van der Waals surface area contributed by atoms with Crippen LogP contribution in [0.1, 0.15) is 40.5 Å². The third kappa shape index (κ3) is 2.73. The Bertz CT molecular complexity index is 194. The lowest BCUT2D eigenvalue weighted by Gasteiger charge is -2.37. The lowest BCUT2D eigenvalue weighted by atomic mass is 9.76. The molecule has 0 radical (unpaired) electrons. The zero-order valence-corrected chi connectivity index (χ0v) is 9.92. The summed E-state index contributed by atoms with van der Waals surface area (Å²) < 4.78 is 0. The van der Waals surface area contributed by atoms with Gasteiger partial charge in [0, 0.05) is 19.0 Å². The van der Waals surface area contributed by atoms with E-state index in [4.69, 9.17) is 0 Å². The van der Waals surface area contributed by atoms with Gasteiger partial charge in [-0.15, -0.1) is 0 Å². The fourth-order valence-electron chi connectivity index (χ4n) is 2.27. The molecule has 0 aromatic carbocycles. The first-order chi connectivity index (χ1) is 6.54. The molecular weight excluding hydrogens is 174 g/mol. The van der Waals surface area contributed by atoms with Gasteiger partial charge in [0.15, 0.2) is 0 Å². The van der Waals surface area contributed by atoms with Gasteiger partial charge in [0.2, 0.25) is 5.91 Å². The first-order valence-corrected chi connectivity index (χ1v) is 5.83. The van der Waals surface area contributed by atoms with Crippen LogP contribution < -0.4 is 0 Å². The van der Waals surface area contributed by atoms with Crippen molar-refractivity contribution in [3.63, 3.8) is 0 Å². The van der Waals surface area contributed by atoms with Crippen LogP contribution in [-0.4, -0.2) is 23.9 Å². The first-order valence-electron chi connectivity index (χ1n) is 5.83. The molecule has 0 saturated heterocycles. The fourth-order valence-corrected chi connectivity index (χ4v) is 2.27. The van der Waals surface area contributed by atoms with Crippen LogP contribution in [0.25, 0.3) is 0 Å². The van der Waals surface area contributed by atoms with Crippen LogP contribution >= 0.6 is 0 Å². The summed E-state index contributed by atoms with van der Waals surface area (Å²) in [6, 6.07) is 0. The van der Waals surface area contributed by atoms with Crippen molar-refractivity contribution in [3.05, 3.63) is 0 Å². The minimum atomic E-state index is 0.146. The SMILES string of the molecule is CCN(CC1CC(C)C1)C(=O)C(C)C. The lowest BCUT2D eigenvalue weighted by Crippen LogP contribution is -2.41. The minimum absolute atomic E-state index is 0.146. The molecule has 14 heavy (non-hydrogen) atoms. The number of carbonyl (C=O) groups excluding carboxylic acids is 1. The second kappa shape index (κ2) is 4.81. The Kier molecular flexibility index (Phi) is 3.97. The number of amides is 1. The molecule has 0 aliphatic heterocycles. The van der Waals surface area contributed by atoms with Crippen LogP contribution in [0.5, 0.6) is 0 Å². The molecule has 82 valence electrons. The molecular formula is C12H23NO. The van der Waals surface area contributed by atoms with Crippen LogP contribution in [0.2, 0.25) is 0 Å². The molecule has 0 unspecified atom stereocenters. The van der Waals surface area contributed by atoms with Gasteiger partial charge >= 0.3 is 0 Å². The standard InChI is InChI=1S/C12H23NO/c1-5-13(12(14)9(2)3)8-11-6-10(4)7-11/h9-11H,5-8H2,1-4H3. The smallest absolute Gasteiger partial charge is 0.225 e. The highest BCUT2D eigenvalue weighted by molar-refractivity contribution is 5.78. The van der Waals surface area contributed by atoms with Gasteiger partial charge in [0.1, 0.15) is 0 Å². The minimum Gasteiger partial charge on any atom is -0.342 e. The number of nitrogens with zero attached hydrogens (tertiary/aromatic N) is 1. The monoisotopic (exact) mass is 197 g/mol. The van der Waals surface area contributed by atoms with E-state index < -0.39 is 0 Å². The van der Waals surface area contributed by atoms with Crippen LogP contribution in [0.3, 0.4) is 0 Å². The fraction of sp³-hybridized carbons (Fsp3) is 0.917. The number of hydrogen-bond acceptors (Lipinski definition) is 1. The molecule has 1 fully saturated rings. The second-order valence-corrected chi connectivity index (χ2v) is 4.97. The summed E-state index contributed by atoms with van der Waals surface area (Å²) in [5.41, 5.74) is 0. The molecule has 1 rings (SSSR count). The van der Waals surface area contributed by atoms with Gasteiger partial charge in [0.05, 0.1) is 0 Å². The Morgan fingerprint density at radius 1 is 1.43 bits per heavy atom. The van der Waals surface area contributed by atoms with Gasteiger partial charge in [-0.05, 0) is 31.6 Å². The van der Waals surface area contributed by atoms with E-state index in [0.717, 1.165) is 24.9 Å². The van der Waals surface area contributed by atoms with Crippen molar-refractivity contribution in [1.29, 1.82) is 0 Å². The molecule has 0 atom stereocenters. The van der Waals surface area contributed by atoms with E-state index in [2.05, 4.69) is 13.8 Å². The first kappa shape index (κ1) is 11.5. The highest BCUT2D eigenvalue weighted by atomic mass is 16.2. The van der Waals surface area contributed by atoms with Crippen LogP contribution in [0.4, 0.5) is 0 Å². The average molecular weight is 197 g/mol. The largest absolute Gasteiger partial charge is 0.342 e. The molecule has 0 spiro atoms. The van der Waals surface area contributed by atoms with Crippen molar-refractivity contribution in [3.8, 4) is 0 Å². The van der Waals surface area contributed by atoms with E-state index in [9.17, 15) is 4.79 Å². The molecule has 1 aliphatic rings. The summed E-state index contributed by atoms with van der Waals surface area (Å²) in [4.78, 5) is 13.8. The van der Waals surface area contributed by atoms with Gasteiger partial charge in [-0.3, -0.25) is 4.79 Å². The molecule has 1 amide bonds. The number of hydrogen-bond donors (Lipinski definition) is 0. The predicted octanol–water partition coefficient (Wildman–Crippen LogP) is 2.54. The van der Waals surface area contributed by atoms with Gasteiger partial charge in [-0.2, -0.15) is 0 Å². The Labute approximate surface area is 87.7 Å². The van der Waals surface area contributed by atoms with Gasteiger partial charge in [0.25, 0.3) is 0 Å². The molecule has 0 aromatic heterocycles. The van der Waals surface area contributed by atoms with Gasteiger partial charge in [-0.1, -0.05) is 20.8 Å². The summed E-state index contributed by atoms with van der Waals surface area (Å²) >= 11 is 0. The van der Waals surface area contributed by atoms with Crippen LogP contribution in [-0.2, 0) is 4.79 Å². The van der Waals surface area contributed by atoms with Gasteiger partial charge in [-0.25, -0.2) is 0 Å². The van der Waals surface area contributed by atoms with E-state index in [1.54, 1.807) is 0 Å². The molecule has 1 saturated carbocycles. The van der Waals surface area contributed by atoms with E-state index in [0.29, 0.717) is 5.91 Å². The quantitative estimate of drug-likeness (QED) is 0.678. The maximum absolute atomic E-state index is 11.8. The van der Waals surface area contributed by atoms with E-state index in [-0.39, 0.29) is 5.92 Å². The summed E-state index contributed by atoms with van der Waals surface area (Å²) in [5, 5.41) is 0. The van der Waals surface area contributed by atoms with Crippen molar-refractivity contribution < 1.29 is 4.79 Å². The van der Waals surface area contributed by atoms with E-state index in [1.807, 2.05) is 18.7 Å². The zero-order valence-electron chi connectivity index (χ0n) is 9.92. The van der Waals surface area contributed by atoms with Crippen molar-refractivity contribution in [2.24, 2.45) is 17.8 Å². The lowest BCUT2D eigenvalue weighted by molar-refractivity contribution is -0.135. The zero-order chi connectivity index (χ0) is 10.7. The Morgan fingerprint density at radius 3 is 2.36 bits per heavy atom. The highest BCUT2D eigenvalue weighted by Gasteiger charge is 2.28. The molecule has 2 heteroatoms. The second-order valence-electron chi connectivity index (χ2n) is 4.97. The van der Waals surface area contributed by atoms with E-state index in [1.165, 1.54) is 12.8 Å². The van der Waals surface area contributed by atoms with Crippen molar-refractivity contribution >= 4 is 5.91 Å². The van der Waals surface area contributed by atoms with Crippen molar-refractivity contribution in [2.75, 3.05) is 13.1 Å². The molecule has 0 bridgehead atoms. The Hall–Kier alpha value is -0.530. The summed E-state index contributed by atoms with van der Waals surface area (Å²) in [6.07, 6.45) is 2.61. The average Bonchev–Trinajstić information content (AvgIpc) is 2.09. The van der Waals surface area contributed by atoms with Crippen molar-refractivity contribution in [2.45, 2.75) is 40.5 Å². The number of rotatable bonds is 4. The molecule has 0 N–H and O–H groups in total. The molecule has 0 aromatic rings. The predicted molar refractivity (Wildman–Crippen MR) is 59.0 cm³/mol. The number of carbonyl (C=O) groups is 1. The molecule has 0 heterocycles. The molecule has 2 nitrogen and oxygen atoms in total. The third-order valence-electron chi connectivity index (χ3n) is 3.14. The maximum Gasteiger partial charge on any atom is 0.225 e. The highest BCUT2D eigenvalue weighted by Crippen LogP contribution is 2.33. The summed E-state index contributed by atoms with van der Waals surface area (Å²) in [5.74, 6) is 2.11. The normalized spacial score (nSPS) is 26.1. The third-order valence-corrected chi connectivity index (χ3v) is 3.14. The van der Waals surface area contributed by atoms with E-state index >= 15 is 0 Å². The van der Waals surface area contributed by atoms with Gasteiger partial charge < -0.3 is 4.90 Å². The summed E-state index contributed by atoms with van der Waals surface area (Å²) in [7, 11) is 0. The maximum atomic E-state index is 11.8. The van der Waals surface area contributed by atoms with Crippen LogP contribution in [0, 0.1) is 17.8 Å². The Morgan fingerprint density at radius 2 is 2.00 bits per heavy atom. The Balaban J connectivity index is 2.35. The van der Waals surface area contributed by atoms with Crippen molar-refractivity contribution in [1.82, 2.24) is 4.90 Å². The van der Waals surface area contributed by atoms with Crippen LogP contribution in [0.15, 0.2) is 0 Å². The summed E-state index contributed by atoms with van der Waals surface area (Å²) in [6.45, 7) is 10.2. The topological polar surface area (TPSA) is 20.3 Å².